The van der Waals surface area contributed by atoms with Crippen LogP contribution in [-0.2, 0) is 28.6 Å². The molecular formula is C68H126O6. The van der Waals surface area contributed by atoms with Crippen molar-refractivity contribution in [2.24, 2.45) is 0 Å². The van der Waals surface area contributed by atoms with Gasteiger partial charge >= 0.3 is 17.9 Å². The third-order valence-electron chi connectivity index (χ3n) is 14.9. The number of unbranched alkanes of at least 4 members (excludes halogenated alkanes) is 44. The van der Waals surface area contributed by atoms with Gasteiger partial charge < -0.3 is 14.2 Å². The molecule has 0 heterocycles. The van der Waals surface area contributed by atoms with Crippen molar-refractivity contribution in [1.82, 2.24) is 0 Å². The molecule has 74 heavy (non-hydrogen) atoms. The van der Waals surface area contributed by atoms with Crippen molar-refractivity contribution >= 4 is 17.9 Å². The average Bonchev–Trinajstić information content (AvgIpc) is 3.40. The van der Waals surface area contributed by atoms with Crippen LogP contribution in [0.25, 0.3) is 0 Å². The van der Waals surface area contributed by atoms with Gasteiger partial charge in [0.2, 0.25) is 0 Å². The topological polar surface area (TPSA) is 78.9 Å². The molecule has 6 heteroatoms. The van der Waals surface area contributed by atoms with Crippen LogP contribution in [0.1, 0.15) is 361 Å². The van der Waals surface area contributed by atoms with E-state index in [0.717, 1.165) is 83.5 Å². The second kappa shape index (κ2) is 63.2. The third kappa shape index (κ3) is 60.5. The summed E-state index contributed by atoms with van der Waals surface area (Å²) in [6.45, 7) is 6.64. The molecule has 0 rings (SSSR count). The molecule has 0 aromatic heterocycles. The van der Waals surface area contributed by atoms with E-state index in [2.05, 4.69) is 57.2 Å². The van der Waals surface area contributed by atoms with E-state index in [4.69, 9.17) is 14.2 Å². The summed E-state index contributed by atoms with van der Waals surface area (Å²) >= 11 is 0. The minimum Gasteiger partial charge on any atom is -0.462 e. The van der Waals surface area contributed by atoms with Crippen molar-refractivity contribution in [3.8, 4) is 0 Å². The fourth-order valence-electron chi connectivity index (χ4n) is 9.87. The Balaban J connectivity index is 4.23. The molecule has 1 atom stereocenters. The maximum Gasteiger partial charge on any atom is 0.306 e. The molecule has 1 unspecified atom stereocenters. The number of hydrogen-bond donors (Lipinski definition) is 0. The van der Waals surface area contributed by atoms with Crippen molar-refractivity contribution in [3.05, 3.63) is 36.5 Å². The van der Waals surface area contributed by atoms with Gasteiger partial charge in [-0.1, -0.05) is 308 Å². The summed E-state index contributed by atoms with van der Waals surface area (Å²) in [6.07, 6.45) is 77.4. The predicted octanol–water partition coefficient (Wildman–Crippen LogP) is 22.4. The standard InChI is InChI=1S/C68H126O6/c1-4-7-10-13-16-19-22-25-28-30-31-32-33-34-35-36-37-38-39-41-43-46-49-52-55-58-61-67(70)73-64-65(63-72-66(69)60-57-54-51-48-45-42-27-24-21-18-15-12-9-6-3)74-68(71)62-59-56-53-50-47-44-40-29-26-23-20-17-14-11-8-5-2/h15,18,24,27,29,40,65H,4-14,16-17,19-23,25-26,28,30-39,41-64H2,1-3H3/b18-15-,27-24-,40-29-. The van der Waals surface area contributed by atoms with Crippen LogP contribution in [0, 0.1) is 0 Å². The van der Waals surface area contributed by atoms with Crippen LogP contribution < -0.4 is 0 Å². The number of allylic oxidation sites excluding steroid dienone is 6. The van der Waals surface area contributed by atoms with Crippen LogP contribution in [0.5, 0.6) is 0 Å². The zero-order valence-electron chi connectivity index (χ0n) is 49.9. The van der Waals surface area contributed by atoms with Gasteiger partial charge in [0, 0.05) is 19.3 Å². The van der Waals surface area contributed by atoms with Crippen molar-refractivity contribution in [2.75, 3.05) is 13.2 Å². The van der Waals surface area contributed by atoms with Crippen molar-refractivity contribution < 1.29 is 28.6 Å². The Bertz CT molecular complexity index is 1240. The van der Waals surface area contributed by atoms with Gasteiger partial charge in [-0.2, -0.15) is 0 Å². The van der Waals surface area contributed by atoms with Crippen molar-refractivity contribution in [2.45, 2.75) is 367 Å². The minimum absolute atomic E-state index is 0.0760. The molecule has 0 bridgehead atoms. The summed E-state index contributed by atoms with van der Waals surface area (Å²) in [6, 6.07) is 0. The Morgan fingerprint density at radius 1 is 0.270 bits per heavy atom. The SMILES string of the molecule is CCCC/C=C\C/C=C\CCCCCCCC(=O)OCC(COC(=O)CCCCCCCCCCCCCCCCCCCCCCCCCCCC)OC(=O)CCCCCCC/C=C\CCCCCCCCC. The Morgan fingerprint density at radius 3 is 0.797 bits per heavy atom. The van der Waals surface area contributed by atoms with E-state index < -0.39 is 6.10 Å². The lowest BCUT2D eigenvalue weighted by molar-refractivity contribution is -0.167. The molecule has 0 aliphatic rings. The van der Waals surface area contributed by atoms with Gasteiger partial charge in [0.1, 0.15) is 13.2 Å². The second-order valence-electron chi connectivity index (χ2n) is 22.4. The zero-order valence-corrected chi connectivity index (χ0v) is 49.9. The number of esters is 3. The number of ether oxygens (including phenoxy) is 3. The van der Waals surface area contributed by atoms with E-state index in [1.807, 2.05) is 0 Å². The summed E-state index contributed by atoms with van der Waals surface area (Å²) in [5.74, 6) is -0.876. The van der Waals surface area contributed by atoms with Crippen molar-refractivity contribution in [1.29, 1.82) is 0 Å². The highest BCUT2D eigenvalue weighted by atomic mass is 16.6. The van der Waals surface area contributed by atoms with E-state index in [0.29, 0.717) is 19.3 Å². The predicted molar refractivity (Wildman–Crippen MR) is 321 cm³/mol. The van der Waals surface area contributed by atoms with E-state index in [9.17, 15) is 14.4 Å². The van der Waals surface area contributed by atoms with Gasteiger partial charge in [-0.3, -0.25) is 14.4 Å². The summed E-state index contributed by atoms with van der Waals surface area (Å²) < 4.78 is 16.9. The monoisotopic (exact) mass is 1040 g/mol. The van der Waals surface area contributed by atoms with Gasteiger partial charge in [0.25, 0.3) is 0 Å². The molecule has 6 nitrogen and oxygen atoms in total. The molecule has 0 aliphatic heterocycles. The molecule has 0 saturated carbocycles. The first-order valence-electron chi connectivity index (χ1n) is 33.0. The number of rotatable bonds is 61. The van der Waals surface area contributed by atoms with Gasteiger partial charge in [0.15, 0.2) is 6.10 Å². The Morgan fingerprint density at radius 2 is 0.500 bits per heavy atom. The van der Waals surface area contributed by atoms with Crippen LogP contribution >= 0.6 is 0 Å². The van der Waals surface area contributed by atoms with Crippen LogP contribution in [0.3, 0.4) is 0 Å². The molecule has 0 saturated heterocycles. The van der Waals surface area contributed by atoms with Crippen molar-refractivity contribution in [3.63, 3.8) is 0 Å². The molecule has 434 valence electrons. The lowest BCUT2D eigenvalue weighted by Gasteiger charge is -2.18. The molecule has 0 N–H and O–H groups in total. The maximum atomic E-state index is 12.9. The fraction of sp³-hybridized carbons (Fsp3) is 0.868. The smallest absolute Gasteiger partial charge is 0.306 e. The molecule has 0 aliphatic carbocycles. The maximum absolute atomic E-state index is 12.9. The van der Waals surface area contributed by atoms with E-state index >= 15 is 0 Å². The molecule has 0 aromatic rings. The lowest BCUT2D eigenvalue weighted by Crippen LogP contribution is -2.30. The summed E-state index contributed by atoms with van der Waals surface area (Å²) in [5, 5.41) is 0. The van der Waals surface area contributed by atoms with E-state index in [1.165, 1.54) is 238 Å². The van der Waals surface area contributed by atoms with Crippen LogP contribution in [0.4, 0.5) is 0 Å². The largest absolute Gasteiger partial charge is 0.462 e. The zero-order chi connectivity index (χ0) is 53.6. The Kier molecular flexibility index (Phi) is 61.1. The molecular weight excluding hydrogens is 913 g/mol. The molecule has 0 spiro atoms. The number of carbonyl (C=O) groups excluding carboxylic acids is 3. The summed E-state index contributed by atoms with van der Waals surface area (Å²) in [5.41, 5.74) is 0. The molecule has 0 fully saturated rings. The van der Waals surface area contributed by atoms with Gasteiger partial charge in [-0.15, -0.1) is 0 Å². The first-order valence-corrected chi connectivity index (χ1v) is 33.0. The fourth-order valence-corrected chi connectivity index (χ4v) is 9.87. The van der Waals surface area contributed by atoms with Crippen LogP contribution in [0.2, 0.25) is 0 Å². The van der Waals surface area contributed by atoms with E-state index in [-0.39, 0.29) is 31.1 Å². The molecule has 0 radical (unpaired) electrons. The minimum atomic E-state index is -0.781. The number of carbonyl (C=O) groups is 3. The Hall–Kier alpha value is -2.37. The lowest BCUT2D eigenvalue weighted by atomic mass is 10.0. The first-order chi connectivity index (χ1) is 36.5. The number of hydrogen-bond acceptors (Lipinski definition) is 6. The summed E-state index contributed by atoms with van der Waals surface area (Å²) in [7, 11) is 0. The third-order valence-corrected chi connectivity index (χ3v) is 14.9. The highest BCUT2D eigenvalue weighted by Gasteiger charge is 2.19. The highest BCUT2D eigenvalue weighted by molar-refractivity contribution is 5.71. The average molecular weight is 1040 g/mol. The summed E-state index contributed by atoms with van der Waals surface area (Å²) in [4.78, 5) is 38.3. The van der Waals surface area contributed by atoms with Gasteiger partial charge in [-0.05, 0) is 70.6 Å². The highest BCUT2D eigenvalue weighted by Crippen LogP contribution is 2.18. The molecule has 0 aromatic carbocycles. The van der Waals surface area contributed by atoms with Crippen LogP contribution in [-0.4, -0.2) is 37.2 Å². The second-order valence-corrected chi connectivity index (χ2v) is 22.4. The van der Waals surface area contributed by atoms with Gasteiger partial charge in [0.05, 0.1) is 0 Å². The quantitative estimate of drug-likeness (QED) is 0.0261. The van der Waals surface area contributed by atoms with Crippen LogP contribution in [0.15, 0.2) is 36.5 Å². The Labute approximate surface area is 461 Å². The molecule has 0 amide bonds. The van der Waals surface area contributed by atoms with Gasteiger partial charge in [-0.25, -0.2) is 0 Å². The normalized spacial score (nSPS) is 12.2. The first kappa shape index (κ1) is 71.6. The van der Waals surface area contributed by atoms with E-state index in [1.54, 1.807) is 0 Å².